The summed E-state index contributed by atoms with van der Waals surface area (Å²) in [5.74, 6) is -0.957. The van der Waals surface area contributed by atoms with Crippen LogP contribution in [0.25, 0.3) is 0 Å². The Morgan fingerprint density at radius 1 is 0.826 bits per heavy atom. The number of rotatable bonds is 10. The van der Waals surface area contributed by atoms with E-state index < -0.39 is 11.9 Å². The van der Waals surface area contributed by atoms with Crippen molar-refractivity contribution < 1.29 is 28.5 Å². The van der Waals surface area contributed by atoms with Gasteiger partial charge in [0.05, 0.1) is 37.6 Å². The first-order valence-electron chi connectivity index (χ1n) is 7.38. The molecule has 0 N–H and O–H groups in total. The van der Waals surface area contributed by atoms with Crippen molar-refractivity contribution in [3.63, 3.8) is 0 Å². The number of benzene rings is 1. The van der Waals surface area contributed by atoms with Crippen LogP contribution in [0.15, 0.2) is 18.2 Å². The molecule has 0 amide bonds. The van der Waals surface area contributed by atoms with Crippen LogP contribution in [0.3, 0.4) is 0 Å². The Bertz CT molecular complexity index is 517. The standard InChI is InChI=1S/C16H21IO6/c1-3-20-5-6-21-7-8-23-16(19)13-9-12(10-14(17)11-13)15(18)22-4-2/h9-11H,3-8H2,1-2H3. The van der Waals surface area contributed by atoms with Crippen molar-refractivity contribution in [2.75, 3.05) is 39.6 Å². The highest BCUT2D eigenvalue weighted by Gasteiger charge is 2.14. The molecule has 1 aromatic carbocycles. The van der Waals surface area contributed by atoms with E-state index in [9.17, 15) is 9.59 Å². The number of hydrogen-bond donors (Lipinski definition) is 0. The molecular weight excluding hydrogens is 415 g/mol. The van der Waals surface area contributed by atoms with Crippen molar-refractivity contribution in [3.05, 3.63) is 32.9 Å². The normalized spacial score (nSPS) is 10.4. The summed E-state index contributed by atoms with van der Waals surface area (Å²) in [6.07, 6.45) is 0. The van der Waals surface area contributed by atoms with E-state index in [0.717, 1.165) is 3.57 Å². The van der Waals surface area contributed by atoms with E-state index in [1.165, 1.54) is 6.07 Å². The summed E-state index contributed by atoms with van der Waals surface area (Å²) in [6.45, 7) is 5.99. The highest BCUT2D eigenvalue weighted by atomic mass is 127. The van der Waals surface area contributed by atoms with Crippen molar-refractivity contribution in [1.82, 2.24) is 0 Å². The third kappa shape index (κ3) is 7.76. The molecule has 0 atom stereocenters. The van der Waals surface area contributed by atoms with Crippen LogP contribution in [0.4, 0.5) is 0 Å². The van der Waals surface area contributed by atoms with Gasteiger partial charge in [0.2, 0.25) is 0 Å². The Balaban J connectivity index is 2.48. The zero-order valence-electron chi connectivity index (χ0n) is 13.3. The number of esters is 2. The van der Waals surface area contributed by atoms with Crippen molar-refractivity contribution in [2.24, 2.45) is 0 Å². The summed E-state index contributed by atoms with van der Waals surface area (Å²) in [6, 6.07) is 4.78. The molecule has 7 heteroatoms. The number of hydrogen-bond acceptors (Lipinski definition) is 6. The molecule has 1 rings (SSSR count). The maximum atomic E-state index is 12.0. The first kappa shape index (κ1) is 19.9. The van der Waals surface area contributed by atoms with E-state index in [4.69, 9.17) is 18.9 Å². The Kier molecular flexibility index (Phi) is 9.81. The van der Waals surface area contributed by atoms with E-state index in [-0.39, 0.29) is 13.2 Å². The van der Waals surface area contributed by atoms with Crippen molar-refractivity contribution in [1.29, 1.82) is 0 Å². The van der Waals surface area contributed by atoms with Gasteiger partial charge in [0, 0.05) is 10.2 Å². The van der Waals surface area contributed by atoms with Crippen LogP contribution in [0.5, 0.6) is 0 Å². The molecule has 0 unspecified atom stereocenters. The second kappa shape index (κ2) is 11.4. The average molecular weight is 436 g/mol. The molecule has 1 aromatic rings. The van der Waals surface area contributed by atoms with Gasteiger partial charge in [-0.15, -0.1) is 0 Å². The lowest BCUT2D eigenvalue weighted by Crippen LogP contribution is -2.14. The zero-order chi connectivity index (χ0) is 17.1. The van der Waals surface area contributed by atoms with Crippen LogP contribution < -0.4 is 0 Å². The Hall–Kier alpha value is -1.19. The van der Waals surface area contributed by atoms with Crippen molar-refractivity contribution >= 4 is 34.5 Å². The predicted molar refractivity (Wildman–Crippen MR) is 92.7 cm³/mol. The molecule has 0 aromatic heterocycles. The molecule has 0 saturated carbocycles. The van der Waals surface area contributed by atoms with Crippen LogP contribution in [-0.4, -0.2) is 51.6 Å². The molecule has 0 bridgehead atoms. The van der Waals surface area contributed by atoms with Gasteiger partial charge >= 0.3 is 11.9 Å². The Morgan fingerprint density at radius 3 is 2.00 bits per heavy atom. The van der Waals surface area contributed by atoms with E-state index in [1.54, 1.807) is 19.1 Å². The highest BCUT2D eigenvalue weighted by molar-refractivity contribution is 14.1. The number of carbonyl (C=O) groups excluding carboxylic acids is 2. The van der Waals surface area contributed by atoms with Gasteiger partial charge in [-0.2, -0.15) is 0 Å². The van der Waals surface area contributed by atoms with Gasteiger partial charge in [-0.25, -0.2) is 9.59 Å². The molecule has 0 fully saturated rings. The van der Waals surface area contributed by atoms with Crippen LogP contribution >= 0.6 is 22.6 Å². The molecule has 0 aliphatic rings. The van der Waals surface area contributed by atoms with Gasteiger partial charge in [-0.1, -0.05) is 0 Å². The molecule has 0 aliphatic heterocycles. The monoisotopic (exact) mass is 436 g/mol. The number of carbonyl (C=O) groups is 2. The summed E-state index contributed by atoms with van der Waals surface area (Å²) in [4.78, 5) is 23.8. The minimum absolute atomic E-state index is 0.144. The second-order valence-corrected chi connectivity index (χ2v) is 5.64. The van der Waals surface area contributed by atoms with Crippen molar-refractivity contribution in [2.45, 2.75) is 13.8 Å². The Morgan fingerprint density at radius 2 is 1.39 bits per heavy atom. The SMILES string of the molecule is CCOCCOCCOC(=O)c1cc(I)cc(C(=O)OCC)c1. The quantitative estimate of drug-likeness (QED) is 0.319. The third-order valence-electron chi connectivity index (χ3n) is 2.68. The fraction of sp³-hybridized carbons (Fsp3) is 0.500. The summed E-state index contributed by atoms with van der Waals surface area (Å²) in [7, 11) is 0. The molecular formula is C16H21IO6. The Labute approximate surface area is 149 Å². The van der Waals surface area contributed by atoms with Gasteiger partial charge in [-0.3, -0.25) is 0 Å². The average Bonchev–Trinajstić information content (AvgIpc) is 2.53. The molecule has 6 nitrogen and oxygen atoms in total. The largest absolute Gasteiger partial charge is 0.462 e. The first-order valence-corrected chi connectivity index (χ1v) is 8.46. The maximum Gasteiger partial charge on any atom is 0.338 e. The lowest BCUT2D eigenvalue weighted by molar-refractivity contribution is 0.0164. The molecule has 0 radical (unpaired) electrons. The lowest BCUT2D eigenvalue weighted by atomic mass is 10.1. The second-order valence-electron chi connectivity index (χ2n) is 4.39. The van der Waals surface area contributed by atoms with Gasteiger partial charge in [-0.05, 0) is 54.6 Å². The van der Waals surface area contributed by atoms with Crippen molar-refractivity contribution in [3.8, 4) is 0 Å². The summed E-state index contributed by atoms with van der Waals surface area (Å²) >= 11 is 2.04. The van der Waals surface area contributed by atoms with Gasteiger partial charge in [0.25, 0.3) is 0 Å². The van der Waals surface area contributed by atoms with E-state index in [2.05, 4.69) is 0 Å². The minimum Gasteiger partial charge on any atom is -0.462 e. The summed E-state index contributed by atoms with van der Waals surface area (Å²) < 4.78 is 21.2. The van der Waals surface area contributed by atoms with Gasteiger partial charge < -0.3 is 18.9 Å². The molecule has 0 aliphatic carbocycles. The van der Waals surface area contributed by atoms with Crippen LogP contribution in [0.1, 0.15) is 34.6 Å². The number of halogens is 1. The summed E-state index contributed by atoms with van der Waals surface area (Å²) in [5, 5.41) is 0. The highest BCUT2D eigenvalue weighted by Crippen LogP contribution is 2.14. The topological polar surface area (TPSA) is 71.1 Å². The van der Waals surface area contributed by atoms with E-state index in [0.29, 0.717) is 37.6 Å². The lowest BCUT2D eigenvalue weighted by Gasteiger charge is -2.08. The molecule has 0 saturated heterocycles. The van der Waals surface area contributed by atoms with Gasteiger partial charge in [0.1, 0.15) is 6.61 Å². The predicted octanol–water partition coefficient (Wildman–Crippen LogP) is 2.68. The first-order chi connectivity index (χ1) is 11.1. The smallest absolute Gasteiger partial charge is 0.338 e. The third-order valence-corrected chi connectivity index (χ3v) is 3.30. The van der Waals surface area contributed by atoms with E-state index in [1.807, 2.05) is 29.5 Å². The number of ether oxygens (including phenoxy) is 4. The molecule has 0 spiro atoms. The molecule has 23 heavy (non-hydrogen) atoms. The molecule has 0 heterocycles. The van der Waals surface area contributed by atoms with E-state index >= 15 is 0 Å². The van der Waals surface area contributed by atoms with Gasteiger partial charge in [0.15, 0.2) is 0 Å². The fourth-order valence-electron chi connectivity index (χ4n) is 1.68. The van der Waals surface area contributed by atoms with Crippen LogP contribution in [0.2, 0.25) is 0 Å². The van der Waals surface area contributed by atoms with Crippen LogP contribution in [0, 0.1) is 3.57 Å². The zero-order valence-corrected chi connectivity index (χ0v) is 15.5. The summed E-state index contributed by atoms with van der Waals surface area (Å²) in [5.41, 5.74) is 0.646. The fourth-order valence-corrected chi connectivity index (χ4v) is 2.35. The molecule has 128 valence electrons. The van der Waals surface area contributed by atoms with Crippen LogP contribution in [-0.2, 0) is 18.9 Å². The minimum atomic E-state index is -0.498. The maximum absolute atomic E-state index is 12.0.